The SMILES string of the molecule is c1ccc(-c2ccc(-n3c4ccccc4c4cc(-c5cccc6c5c5ncccc5n6-c5ccccc5)ccc43)cc2)cc1.c1ccc(-c2nc(-c3ccccc3)nc(-n3c4ccccc4c4cc(-c5cccc6c5c5ncccc5n6-c5ccccc5)ccc43)n2)cc1. The van der Waals surface area contributed by atoms with E-state index in [9.17, 15) is 0 Å². The lowest BCUT2D eigenvalue weighted by Gasteiger charge is -2.11. The molecule has 0 fully saturated rings. The summed E-state index contributed by atoms with van der Waals surface area (Å²) in [7, 11) is 0. The normalized spacial score (nSPS) is 11.6. The van der Waals surface area contributed by atoms with Crippen molar-refractivity contribution in [2.45, 2.75) is 0 Å². The second-order valence-corrected chi connectivity index (χ2v) is 23.6. The maximum atomic E-state index is 5.09. The van der Waals surface area contributed by atoms with Gasteiger partial charge in [-0.15, -0.1) is 0 Å². The molecule has 0 spiro atoms. The summed E-state index contributed by atoms with van der Waals surface area (Å²) < 4.78 is 9.18. The smallest absolute Gasteiger partial charge is 0.238 e. The van der Waals surface area contributed by atoms with Gasteiger partial charge in [0.1, 0.15) is 0 Å². The Balaban J connectivity index is 0.000000139. The van der Waals surface area contributed by atoms with E-state index in [-0.39, 0.29) is 0 Å². The Labute approximate surface area is 540 Å². The fourth-order valence-corrected chi connectivity index (χ4v) is 14.0. The van der Waals surface area contributed by atoms with E-state index in [1.54, 1.807) is 0 Å². The number of benzene rings is 12. The minimum absolute atomic E-state index is 0.578. The molecule has 0 radical (unpaired) electrons. The van der Waals surface area contributed by atoms with Gasteiger partial charge in [-0.1, -0.05) is 212 Å². The number of pyridine rings is 2. The van der Waals surface area contributed by atoms with E-state index in [0.29, 0.717) is 17.6 Å². The molecule has 0 unspecified atom stereocenters. The first kappa shape index (κ1) is 54.1. The molecule has 94 heavy (non-hydrogen) atoms. The van der Waals surface area contributed by atoms with E-state index in [2.05, 4.69) is 267 Å². The third-order valence-corrected chi connectivity index (χ3v) is 18.2. The molecular weight excluding hydrogens is 1150 g/mol. The number of rotatable bonds is 9. The first-order valence-corrected chi connectivity index (χ1v) is 31.6. The molecule has 0 saturated heterocycles. The van der Waals surface area contributed by atoms with E-state index in [1.165, 1.54) is 49.4 Å². The molecule has 0 aliphatic heterocycles. The Morgan fingerprint density at radius 1 is 0.213 bits per heavy atom. The first-order chi connectivity index (χ1) is 46.7. The predicted molar refractivity (Wildman–Crippen MR) is 386 cm³/mol. The van der Waals surface area contributed by atoms with Crippen molar-refractivity contribution in [3.05, 3.63) is 334 Å². The van der Waals surface area contributed by atoms with Crippen LogP contribution in [0.2, 0.25) is 0 Å². The van der Waals surface area contributed by atoms with Gasteiger partial charge in [0.25, 0.3) is 0 Å². The molecule has 0 bridgehead atoms. The predicted octanol–water partition coefficient (Wildman–Crippen LogP) is 21.1. The van der Waals surface area contributed by atoms with Crippen LogP contribution in [-0.2, 0) is 0 Å². The van der Waals surface area contributed by atoms with Gasteiger partial charge >= 0.3 is 0 Å². The second kappa shape index (κ2) is 22.6. The Morgan fingerprint density at radius 3 is 1.05 bits per heavy atom. The van der Waals surface area contributed by atoms with Gasteiger partial charge in [0.2, 0.25) is 5.95 Å². The summed E-state index contributed by atoms with van der Waals surface area (Å²) >= 11 is 0. The summed E-state index contributed by atoms with van der Waals surface area (Å²) in [6.45, 7) is 0. The molecule has 0 N–H and O–H groups in total. The molecule has 9 heteroatoms. The lowest BCUT2D eigenvalue weighted by atomic mass is 9.99. The summed E-state index contributed by atoms with van der Waals surface area (Å²) in [4.78, 5) is 24.9. The van der Waals surface area contributed by atoms with Crippen molar-refractivity contribution >= 4 is 87.5 Å². The van der Waals surface area contributed by atoms with E-state index in [4.69, 9.17) is 24.9 Å². The highest BCUT2D eigenvalue weighted by molar-refractivity contribution is 6.18. The fraction of sp³-hybridized carbons (Fsp3) is 0. The summed E-state index contributed by atoms with van der Waals surface area (Å²) in [5.74, 6) is 1.84. The summed E-state index contributed by atoms with van der Waals surface area (Å²) in [5, 5.41) is 7.04. The standard InChI is InChI=1S/C44H28N6.C41H27N3/c1-4-14-29(15-5-1)42-46-43(30-16-6-2-7-17-30)48-44(47-42)50-36-22-11-10-20-34(36)35-28-31(25-26-37(35)50)33-21-12-23-38-40(33)41-39(24-13-27-45-41)49(38)32-18-8-3-9-19-32;1-3-11-28(12-4-1)29-20-23-32(24-21-29)43-36-17-8-7-15-34(36)35-27-30(22-25-37(35)43)33-16-9-18-38-40(33)41-39(19-10-26-42-41)44(38)31-13-5-2-6-14-31/h1-28H;1-27H. The van der Waals surface area contributed by atoms with Crippen LogP contribution in [0.3, 0.4) is 0 Å². The molecule has 12 aromatic carbocycles. The number of aromatic nitrogens is 9. The van der Waals surface area contributed by atoms with Crippen LogP contribution < -0.4 is 0 Å². The van der Waals surface area contributed by atoms with E-state index in [1.807, 2.05) is 85.2 Å². The summed E-state index contributed by atoms with van der Waals surface area (Å²) in [5.41, 5.74) is 23.3. The zero-order chi connectivity index (χ0) is 62.1. The molecule has 9 nitrogen and oxygen atoms in total. The van der Waals surface area contributed by atoms with Crippen molar-refractivity contribution in [3.8, 4) is 79.2 Å². The lowest BCUT2D eigenvalue weighted by molar-refractivity contribution is 0.953. The topological polar surface area (TPSA) is 84.2 Å². The molecule has 0 aliphatic carbocycles. The fourth-order valence-electron chi connectivity index (χ4n) is 14.0. The van der Waals surface area contributed by atoms with Gasteiger partial charge in [-0.05, 0) is 143 Å². The maximum Gasteiger partial charge on any atom is 0.238 e. The molecule has 440 valence electrons. The van der Waals surface area contributed by atoms with Gasteiger partial charge in [0.15, 0.2) is 11.6 Å². The molecule has 7 aromatic heterocycles. The monoisotopic (exact) mass is 1200 g/mol. The molecule has 0 atom stereocenters. The van der Waals surface area contributed by atoms with Crippen molar-refractivity contribution in [3.63, 3.8) is 0 Å². The molecule has 0 saturated carbocycles. The largest absolute Gasteiger partial charge is 0.309 e. The third-order valence-electron chi connectivity index (χ3n) is 18.2. The van der Waals surface area contributed by atoms with E-state index >= 15 is 0 Å². The number of para-hydroxylation sites is 4. The number of hydrogen-bond acceptors (Lipinski definition) is 5. The van der Waals surface area contributed by atoms with Crippen LogP contribution in [0.4, 0.5) is 0 Å². The van der Waals surface area contributed by atoms with Crippen LogP contribution in [0.15, 0.2) is 334 Å². The molecule has 0 aliphatic rings. The third kappa shape index (κ3) is 9.05. The van der Waals surface area contributed by atoms with Crippen molar-refractivity contribution in [1.29, 1.82) is 0 Å². The van der Waals surface area contributed by atoms with Gasteiger partial charge in [-0.3, -0.25) is 14.5 Å². The Morgan fingerprint density at radius 2 is 0.564 bits per heavy atom. The van der Waals surface area contributed by atoms with Crippen molar-refractivity contribution in [1.82, 2.24) is 43.2 Å². The van der Waals surface area contributed by atoms with Crippen molar-refractivity contribution in [2.75, 3.05) is 0 Å². The highest BCUT2D eigenvalue weighted by Gasteiger charge is 2.23. The van der Waals surface area contributed by atoms with Gasteiger partial charge < -0.3 is 13.7 Å². The van der Waals surface area contributed by atoms with Crippen LogP contribution in [0.5, 0.6) is 0 Å². The van der Waals surface area contributed by atoms with E-state index < -0.39 is 0 Å². The van der Waals surface area contributed by atoms with Crippen LogP contribution in [0, 0.1) is 0 Å². The van der Waals surface area contributed by atoms with E-state index in [0.717, 1.165) is 99.6 Å². The van der Waals surface area contributed by atoms with Crippen LogP contribution in [0.1, 0.15) is 0 Å². The zero-order valence-corrected chi connectivity index (χ0v) is 50.8. The Bertz CT molecular complexity index is 6020. The van der Waals surface area contributed by atoms with Crippen molar-refractivity contribution < 1.29 is 0 Å². The van der Waals surface area contributed by atoms with Gasteiger partial charge in [-0.25, -0.2) is 4.98 Å². The van der Waals surface area contributed by atoms with Crippen LogP contribution in [0.25, 0.3) is 167 Å². The average Bonchev–Trinajstić information content (AvgIpc) is 1.60. The number of nitrogens with zero attached hydrogens (tertiary/aromatic N) is 9. The zero-order valence-electron chi connectivity index (χ0n) is 50.8. The minimum atomic E-state index is 0.578. The molecule has 19 aromatic rings. The minimum Gasteiger partial charge on any atom is -0.309 e. The highest BCUT2D eigenvalue weighted by Crippen LogP contribution is 2.43. The van der Waals surface area contributed by atoms with Crippen LogP contribution >= 0.6 is 0 Å². The Hall–Kier alpha value is -12.9. The number of fused-ring (bicyclic) bond motifs is 12. The summed E-state index contributed by atoms with van der Waals surface area (Å²) in [6.07, 6.45) is 3.78. The van der Waals surface area contributed by atoms with Gasteiger partial charge in [0.05, 0.1) is 55.2 Å². The quantitative estimate of drug-likeness (QED) is 0.144. The Kier molecular flexibility index (Phi) is 13.0. The highest BCUT2D eigenvalue weighted by atomic mass is 15.2. The average molecular weight is 1200 g/mol. The van der Waals surface area contributed by atoms with Gasteiger partial charge in [-0.2, -0.15) is 9.97 Å². The molecular formula is C85H55N9. The van der Waals surface area contributed by atoms with Gasteiger partial charge in [0, 0.05) is 72.9 Å². The van der Waals surface area contributed by atoms with Crippen LogP contribution in [-0.4, -0.2) is 43.2 Å². The molecule has 0 amide bonds. The summed E-state index contributed by atoms with van der Waals surface area (Å²) in [6, 6.07) is 113. The lowest BCUT2D eigenvalue weighted by Crippen LogP contribution is -2.06. The maximum absolute atomic E-state index is 5.09. The molecule has 7 heterocycles. The number of hydrogen-bond donors (Lipinski definition) is 0. The molecule has 19 rings (SSSR count). The first-order valence-electron chi connectivity index (χ1n) is 31.6. The second-order valence-electron chi connectivity index (χ2n) is 23.6. The van der Waals surface area contributed by atoms with Crippen molar-refractivity contribution in [2.24, 2.45) is 0 Å².